The van der Waals surface area contributed by atoms with Crippen molar-refractivity contribution in [2.24, 2.45) is 0 Å². The van der Waals surface area contributed by atoms with E-state index in [0.717, 1.165) is 6.07 Å². The highest BCUT2D eigenvalue weighted by Crippen LogP contribution is 2.23. The third-order valence-corrected chi connectivity index (χ3v) is 2.28. The molecule has 0 amide bonds. The fraction of sp³-hybridized carbons (Fsp3) is 0.300. The Bertz CT molecular complexity index is 384. The molecule has 1 atom stereocenters. The number of ether oxygens (including phenoxy) is 1. The Labute approximate surface area is 102 Å². The van der Waals surface area contributed by atoms with Gasteiger partial charge in [0.15, 0.2) is 6.10 Å². The molecule has 0 bridgehead atoms. The number of aliphatic carboxylic acids is 1. The zero-order chi connectivity index (χ0) is 12.1. The van der Waals surface area contributed by atoms with Gasteiger partial charge in [-0.1, -0.05) is 17.7 Å². The second-order valence-electron chi connectivity index (χ2n) is 2.95. The van der Waals surface area contributed by atoms with Crippen molar-refractivity contribution in [3.05, 3.63) is 34.6 Å². The van der Waals surface area contributed by atoms with Gasteiger partial charge in [0.1, 0.15) is 5.82 Å². The van der Waals surface area contributed by atoms with E-state index in [0.29, 0.717) is 0 Å². The summed E-state index contributed by atoms with van der Waals surface area (Å²) in [7, 11) is 0. The predicted octanol–water partition coefficient (Wildman–Crippen LogP) is 2.86. The maximum absolute atomic E-state index is 12.9. The predicted molar refractivity (Wildman–Crippen MR) is 58.5 cm³/mol. The molecule has 6 heteroatoms. The average Bonchev–Trinajstić information content (AvgIpc) is 2.23. The van der Waals surface area contributed by atoms with Gasteiger partial charge in [-0.05, 0) is 17.7 Å². The first-order valence-corrected chi connectivity index (χ1v) is 5.33. The molecule has 0 fully saturated rings. The normalized spacial score (nSPS) is 12.4. The summed E-state index contributed by atoms with van der Waals surface area (Å²) in [6, 6.07) is 3.63. The van der Waals surface area contributed by atoms with Gasteiger partial charge in [0.05, 0.1) is 11.6 Å². The maximum atomic E-state index is 12.9. The number of rotatable bonds is 5. The van der Waals surface area contributed by atoms with Crippen LogP contribution in [0.2, 0.25) is 5.02 Å². The van der Waals surface area contributed by atoms with Crippen LogP contribution in [0.5, 0.6) is 0 Å². The summed E-state index contributed by atoms with van der Waals surface area (Å²) in [6.45, 7) is 0.0908. The highest BCUT2D eigenvalue weighted by Gasteiger charge is 2.21. The van der Waals surface area contributed by atoms with Crippen molar-refractivity contribution < 1.29 is 19.0 Å². The molecule has 0 saturated carbocycles. The molecule has 16 heavy (non-hydrogen) atoms. The van der Waals surface area contributed by atoms with Crippen molar-refractivity contribution in [2.45, 2.75) is 6.10 Å². The van der Waals surface area contributed by atoms with Gasteiger partial charge in [-0.3, -0.25) is 0 Å². The van der Waals surface area contributed by atoms with E-state index in [1.807, 2.05) is 0 Å². The van der Waals surface area contributed by atoms with Crippen LogP contribution in [0.1, 0.15) is 11.7 Å². The number of hydrogen-bond donors (Lipinski definition) is 1. The van der Waals surface area contributed by atoms with E-state index < -0.39 is 17.9 Å². The summed E-state index contributed by atoms with van der Waals surface area (Å²) < 4.78 is 17.9. The van der Waals surface area contributed by atoms with E-state index in [9.17, 15) is 9.18 Å². The lowest BCUT2D eigenvalue weighted by atomic mass is 10.1. The molecule has 1 rings (SSSR count). The lowest BCUT2D eigenvalue weighted by molar-refractivity contribution is -0.150. The number of carboxylic acids is 1. The Kier molecular flexibility index (Phi) is 4.99. The smallest absolute Gasteiger partial charge is 0.337 e. The summed E-state index contributed by atoms with van der Waals surface area (Å²) in [6.07, 6.45) is -1.18. The van der Waals surface area contributed by atoms with Crippen LogP contribution in [0.15, 0.2) is 18.2 Å². The van der Waals surface area contributed by atoms with Crippen LogP contribution in [0.3, 0.4) is 0 Å². The molecule has 0 aliphatic carbocycles. The van der Waals surface area contributed by atoms with Crippen molar-refractivity contribution in [2.75, 3.05) is 12.5 Å². The van der Waals surface area contributed by atoms with Crippen LogP contribution in [0.25, 0.3) is 0 Å². The van der Waals surface area contributed by atoms with E-state index in [2.05, 4.69) is 0 Å². The molecular weight excluding hydrogens is 258 g/mol. The first kappa shape index (κ1) is 13.2. The summed E-state index contributed by atoms with van der Waals surface area (Å²) in [5.74, 6) is -1.60. The molecule has 1 unspecified atom stereocenters. The number of hydrogen-bond acceptors (Lipinski definition) is 2. The number of benzene rings is 1. The number of carboxylic acid groups (broad SMARTS) is 1. The standard InChI is InChI=1S/C10H9Cl2FO3/c11-3-4-16-9(10(14)15)6-1-2-8(13)7(12)5-6/h1-2,5,9H,3-4H2,(H,14,15). The molecule has 0 aliphatic heterocycles. The fourth-order valence-corrected chi connectivity index (χ4v) is 1.43. The van der Waals surface area contributed by atoms with Crippen LogP contribution in [0, 0.1) is 5.82 Å². The van der Waals surface area contributed by atoms with E-state index in [-0.39, 0.29) is 23.1 Å². The van der Waals surface area contributed by atoms with Gasteiger partial charge in [0.25, 0.3) is 0 Å². The number of carbonyl (C=O) groups is 1. The molecular formula is C10H9Cl2FO3. The second-order valence-corrected chi connectivity index (χ2v) is 3.74. The van der Waals surface area contributed by atoms with Crippen LogP contribution < -0.4 is 0 Å². The third-order valence-electron chi connectivity index (χ3n) is 1.83. The van der Waals surface area contributed by atoms with Crippen molar-refractivity contribution in [1.29, 1.82) is 0 Å². The minimum Gasteiger partial charge on any atom is -0.479 e. The van der Waals surface area contributed by atoms with E-state index in [1.54, 1.807) is 0 Å². The Hall–Kier alpha value is -0.840. The van der Waals surface area contributed by atoms with Crippen LogP contribution in [0.4, 0.5) is 4.39 Å². The third kappa shape index (κ3) is 3.33. The molecule has 0 spiro atoms. The monoisotopic (exact) mass is 266 g/mol. The van der Waals surface area contributed by atoms with Crippen molar-refractivity contribution >= 4 is 29.2 Å². The Balaban J connectivity index is 2.92. The minimum absolute atomic E-state index is 0.0908. The van der Waals surface area contributed by atoms with Gasteiger partial charge < -0.3 is 9.84 Å². The van der Waals surface area contributed by atoms with Crippen LogP contribution >= 0.6 is 23.2 Å². The van der Waals surface area contributed by atoms with Gasteiger partial charge >= 0.3 is 5.97 Å². The molecule has 0 aliphatic rings. The Morgan fingerprint density at radius 1 is 1.56 bits per heavy atom. The topological polar surface area (TPSA) is 46.5 Å². The molecule has 88 valence electrons. The van der Waals surface area contributed by atoms with Crippen LogP contribution in [-0.2, 0) is 9.53 Å². The molecule has 0 saturated heterocycles. The first-order valence-electron chi connectivity index (χ1n) is 4.41. The Morgan fingerprint density at radius 2 is 2.25 bits per heavy atom. The van der Waals surface area contributed by atoms with Gasteiger partial charge in [-0.2, -0.15) is 0 Å². The maximum Gasteiger partial charge on any atom is 0.337 e. The zero-order valence-corrected chi connectivity index (χ0v) is 9.63. The van der Waals surface area contributed by atoms with Crippen LogP contribution in [-0.4, -0.2) is 23.6 Å². The molecule has 0 radical (unpaired) electrons. The Morgan fingerprint density at radius 3 is 2.75 bits per heavy atom. The SMILES string of the molecule is O=C(O)C(OCCCl)c1ccc(F)c(Cl)c1. The van der Waals surface area contributed by atoms with Gasteiger partial charge in [0.2, 0.25) is 0 Å². The molecule has 1 aromatic rings. The summed E-state index contributed by atoms with van der Waals surface area (Å²) >= 11 is 10.9. The quantitative estimate of drug-likeness (QED) is 0.834. The van der Waals surface area contributed by atoms with Crippen molar-refractivity contribution in [1.82, 2.24) is 0 Å². The summed E-state index contributed by atoms with van der Waals surface area (Å²) in [4.78, 5) is 10.9. The molecule has 1 N–H and O–H groups in total. The zero-order valence-electron chi connectivity index (χ0n) is 8.12. The second kappa shape index (κ2) is 6.03. The molecule has 0 heterocycles. The number of alkyl halides is 1. The molecule has 3 nitrogen and oxygen atoms in total. The van der Waals surface area contributed by atoms with E-state index >= 15 is 0 Å². The largest absolute Gasteiger partial charge is 0.479 e. The summed E-state index contributed by atoms with van der Waals surface area (Å²) in [5, 5.41) is 8.77. The highest BCUT2D eigenvalue weighted by molar-refractivity contribution is 6.30. The summed E-state index contributed by atoms with van der Waals surface area (Å²) in [5.41, 5.74) is 0.281. The lowest BCUT2D eigenvalue weighted by Crippen LogP contribution is -2.16. The van der Waals surface area contributed by atoms with Crippen molar-refractivity contribution in [3.8, 4) is 0 Å². The number of halogens is 3. The first-order chi connectivity index (χ1) is 7.56. The van der Waals surface area contributed by atoms with Gasteiger partial charge in [0, 0.05) is 5.88 Å². The minimum atomic E-state index is -1.18. The highest BCUT2D eigenvalue weighted by atomic mass is 35.5. The molecule has 0 aromatic heterocycles. The average molecular weight is 267 g/mol. The fourth-order valence-electron chi connectivity index (χ4n) is 1.15. The van der Waals surface area contributed by atoms with Gasteiger partial charge in [-0.15, -0.1) is 11.6 Å². The lowest BCUT2D eigenvalue weighted by Gasteiger charge is -2.13. The van der Waals surface area contributed by atoms with Gasteiger partial charge in [-0.25, -0.2) is 9.18 Å². The van der Waals surface area contributed by atoms with Crippen molar-refractivity contribution in [3.63, 3.8) is 0 Å². The van der Waals surface area contributed by atoms with E-state index in [1.165, 1.54) is 12.1 Å². The molecule has 1 aromatic carbocycles. The van der Waals surface area contributed by atoms with E-state index in [4.69, 9.17) is 33.0 Å².